The van der Waals surface area contributed by atoms with Gasteiger partial charge >= 0.3 is 0 Å². The number of nitrogens with zero attached hydrogens (tertiary/aromatic N) is 1. The van der Waals surface area contributed by atoms with E-state index in [0.29, 0.717) is 15.2 Å². The van der Waals surface area contributed by atoms with Gasteiger partial charge in [0.05, 0.1) is 0 Å². The summed E-state index contributed by atoms with van der Waals surface area (Å²) in [4.78, 5) is 4.32. The van der Waals surface area contributed by atoms with Crippen LogP contribution in [0.5, 0.6) is 5.75 Å². The summed E-state index contributed by atoms with van der Waals surface area (Å²) < 4.78 is 6.73. The van der Waals surface area contributed by atoms with Gasteiger partial charge in [0.25, 0.3) is 0 Å². The molecule has 0 saturated heterocycles. The summed E-state index contributed by atoms with van der Waals surface area (Å²) in [6.07, 6.45) is 4.91. The van der Waals surface area contributed by atoms with E-state index in [9.17, 15) is 0 Å². The first-order valence-electron chi connectivity index (χ1n) is 12.8. The largest absolute Gasteiger partial charge is 0.488 e. The number of rotatable bonds is 11. The van der Waals surface area contributed by atoms with Crippen LogP contribution in [0.25, 0.3) is 0 Å². The van der Waals surface area contributed by atoms with Gasteiger partial charge in [-0.25, -0.2) is 0 Å². The Morgan fingerprint density at radius 2 is 1.39 bits per heavy atom. The Hall–Kier alpha value is -3.22. The standard InChI is InChI=1S/C33H36NOP/c1-4-33(5-2,36-31-22-13-12-19-29(31)24-34-3)30-21-14-20-28(23-26-15-8-6-9-16-26)32(30)35-25-27-17-10-7-11-18-27/h6-22,24,36H,4-5,23,25H2,1-3H3/b34-24+. The molecule has 0 aliphatic carbocycles. The second kappa shape index (κ2) is 12.7. The molecular formula is C33H36NOP. The number of hydrogen-bond donors (Lipinski definition) is 0. The molecule has 0 radical (unpaired) electrons. The molecule has 0 saturated carbocycles. The molecule has 0 aromatic heterocycles. The summed E-state index contributed by atoms with van der Waals surface area (Å²) in [6, 6.07) is 36.6. The highest BCUT2D eigenvalue weighted by Crippen LogP contribution is 2.51. The first kappa shape index (κ1) is 25.9. The molecule has 0 spiro atoms. The van der Waals surface area contributed by atoms with Crippen LogP contribution in [-0.4, -0.2) is 13.3 Å². The first-order chi connectivity index (χ1) is 17.7. The normalized spacial score (nSPS) is 12.0. The molecular weight excluding hydrogens is 457 g/mol. The summed E-state index contributed by atoms with van der Waals surface area (Å²) >= 11 is 0. The maximum Gasteiger partial charge on any atom is 0.127 e. The van der Waals surface area contributed by atoms with E-state index in [1.807, 2.05) is 13.3 Å². The molecule has 0 amide bonds. The summed E-state index contributed by atoms with van der Waals surface area (Å²) in [5.74, 6) is 1.04. The first-order valence-corrected chi connectivity index (χ1v) is 13.8. The van der Waals surface area contributed by atoms with Crippen molar-refractivity contribution in [2.45, 2.75) is 44.9 Å². The van der Waals surface area contributed by atoms with Crippen LogP contribution in [0.3, 0.4) is 0 Å². The number of ether oxygens (including phenoxy) is 1. The van der Waals surface area contributed by atoms with Gasteiger partial charge in [-0.2, -0.15) is 0 Å². The zero-order valence-electron chi connectivity index (χ0n) is 21.6. The third-order valence-corrected chi connectivity index (χ3v) is 9.07. The SMILES string of the molecule is CCC(CC)(Pc1ccccc1/C=N/C)c1cccc(Cc2ccccc2)c1OCc1ccccc1. The highest BCUT2D eigenvalue weighted by Gasteiger charge is 2.33. The van der Waals surface area contributed by atoms with Gasteiger partial charge in [-0.05, 0) is 40.4 Å². The number of hydrogen-bond acceptors (Lipinski definition) is 2. The van der Waals surface area contributed by atoms with E-state index in [0.717, 1.165) is 25.0 Å². The van der Waals surface area contributed by atoms with E-state index in [-0.39, 0.29) is 5.16 Å². The Bertz CT molecular complexity index is 1260. The Balaban J connectivity index is 1.79. The number of aliphatic imine (C=N–C) groups is 1. The van der Waals surface area contributed by atoms with Crippen molar-refractivity contribution in [1.82, 2.24) is 0 Å². The zero-order chi connectivity index (χ0) is 25.2. The Morgan fingerprint density at radius 3 is 2.06 bits per heavy atom. The second-order valence-corrected chi connectivity index (χ2v) is 10.9. The lowest BCUT2D eigenvalue weighted by atomic mass is 9.89. The number of para-hydroxylation sites is 1. The minimum absolute atomic E-state index is 0.0175. The van der Waals surface area contributed by atoms with Gasteiger partial charge in [0, 0.05) is 30.4 Å². The molecule has 0 heterocycles. The average Bonchev–Trinajstić information content (AvgIpc) is 2.93. The molecule has 0 aliphatic heterocycles. The predicted octanol–water partition coefficient (Wildman–Crippen LogP) is 7.92. The molecule has 3 heteroatoms. The van der Waals surface area contributed by atoms with Crippen LogP contribution >= 0.6 is 8.58 Å². The van der Waals surface area contributed by atoms with Crippen molar-refractivity contribution in [3.8, 4) is 5.75 Å². The predicted molar refractivity (Wildman–Crippen MR) is 157 cm³/mol. The molecule has 0 bridgehead atoms. The fourth-order valence-corrected chi connectivity index (χ4v) is 6.48. The maximum atomic E-state index is 6.73. The molecule has 4 rings (SSSR count). The fourth-order valence-electron chi connectivity index (χ4n) is 4.81. The molecule has 4 aromatic rings. The van der Waals surface area contributed by atoms with E-state index in [2.05, 4.69) is 122 Å². The van der Waals surface area contributed by atoms with Crippen molar-refractivity contribution in [2.75, 3.05) is 7.05 Å². The molecule has 0 N–H and O–H groups in total. The van der Waals surface area contributed by atoms with Crippen LogP contribution in [0.1, 0.15) is 54.5 Å². The van der Waals surface area contributed by atoms with Gasteiger partial charge in [-0.15, -0.1) is 0 Å². The van der Waals surface area contributed by atoms with Crippen molar-refractivity contribution < 1.29 is 4.74 Å². The van der Waals surface area contributed by atoms with E-state index in [1.54, 1.807) is 0 Å². The quantitative estimate of drug-likeness (QED) is 0.154. The monoisotopic (exact) mass is 493 g/mol. The van der Waals surface area contributed by atoms with Gasteiger partial charge in [0.2, 0.25) is 0 Å². The highest BCUT2D eigenvalue weighted by molar-refractivity contribution is 7.48. The molecule has 36 heavy (non-hydrogen) atoms. The van der Waals surface area contributed by atoms with E-state index in [4.69, 9.17) is 4.74 Å². The summed E-state index contributed by atoms with van der Waals surface area (Å²) in [6.45, 7) is 5.20. The lowest BCUT2D eigenvalue weighted by Gasteiger charge is -2.35. The Kier molecular flexibility index (Phi) is 9.09. The van der Waals surface area contributed by atoms with Gasteiger partial charge < -0.3 is 4.74 Å². The summed E-state index contributed by atoms with van der Waals surface area (Å²) in [5, 5.41) is 1.34. The minimum atomic E-state index is -0.0175. The minimum Gasteiger partial charge on any atom is -0.488 e. The summed E-state index contributed by atoms with van der Waals surface area (Å²) in [5.41, 5.74) is 6.25. The van der Waals surface area contributed by atoms with Crippen LogP contribution in [0.4, 0.5) is 0 Å². The van der Waals surface area contributed by atoms with Crippen LogP contribution in [-0.2, 0) is 18.2 Å². The smallest absolute Gasteiger partial charge is 0.127 e. The van der Waals surface area contributed by atoms with Gasteiger partial charge in [0.1, 0.15) is 12.4 Å². The third kappa shape index (κ3) is 6.12. The Labute approximate surface area is 218 Å². The summed E-state index contributed by atoms with van der Waals surface area (Å²) in [7, 11) is 2.45. The van der Waals surface area contributed by atoms with Gasteiger partial charge in [-0.3, -0.25) is 4.99 Å². The van der Waals surface area contributed by atoms with Crippen LogP contribution in [0.15, 0.2) is 108 Å². The Morgan fingerprint density at radius 1 is 0.750 bits per heavy atom. The number of benzene rings is 4. The molecule has 2 nitrogen and oxygen atoms in total. The van der Waals surface area contributed by atoms with E-state index in [1.165, 1.54) is 33.1 Å². The molecule has 4 aromatic carbocycles. The second-order valence-electron chi connectivity index (χ2n) is 9.12. The van der Waals surface area contributed by atoms with E-state index < -0.39 is 0 Å². The lowest BCUT2D eigenvalue weighted by Crippen LogP contribution is -2.24. The van der Waals surface area contributed by atoms with Crippen molar-refractivity contribution >= 4 is 20.1 Å². The molecule has 0 aliphatic rings. The van der Waals surface area contributed by atoms with Crippen LogP contribution in [0, 0.1) is 0 Å². The van der Waals surface area contributed by atoms with Crippen molar-refractivity contribution in [1.29, 1.82) is 0 Å². The maximum absolute atomic E-state index is 6.73. The molecule has 1 atom stereocenters. The molecule has 0 fully saturated rings. The van der Waals surface area contributed by atoms with Gasteiger partial charge in [-0.1, -0.05) is 126 Å². The van der Waals surface area contributed by atoms with Gasteiger partial charge in [0.15, 0.2) is 0 Å². The highest BCUT2D eigenvalue weighted by atomic mass is 31.1. The van der Waals surface area contributed by atoms with E-state index >= 15 is 0 Å². The average molecular weight is 494 g/mol. The topological polar surface area (TPSA) is 21.6 Å². The zero-order valence-corrected chi connectivity index (χ0v) is 22.6. The molecule has 184 valence electrons. The molecule has 1 unspecified atom stereocenters. The van der Waals surface area contributed by atoms with Crippen molar-refractivity contribution in [2.24, 2.45) is 4.99 Å². The van der Waals surface area contributed by atoms with Crippen LogP contribution in [0.2, 0.25) is 0 Å². The van der Waals surface area contributed by atoms with Crippen molar-refractivity contribution in [3.63, 3.8) is 0 Å². The van der Waals surface area contributed by atoms with Crippen LogP contribution < -0.4 is 10.0 Å². The third-order valence-electron chi connectivity index (χ3n) is 6.89. The lowest BCUT2D eigenvalue weighted by molar-refractivity contribution is 0.295. The van der Waals surface area contributed by atoms with Crippen molar-refractivity contribution in [3.05, 3.63) is 131 Å². The fraction of sp³-hybridized carbons (Fsp3) is 0.242.